The molecule has 1 aliphatic rings. The van der Waals surface area contributed by atoms with E-state index in [0.29, 0.717) is 51.6 Å². The highest BCUT2D eigenvalue weighted by Gasteiger charge is 2.24. The first-order valence-corrected chi connectivity index (χ1v) is 9.15. The normalized spacial score (nSPS) is 15.0. The van der Waals surface area contributed by atoms with Gasteiger partial charge in [-0.3, -0.25) is 14.5 Å². The van der Waals surface area contributed by atoms with E-state index in [2.05, 4.69) is 18.7 Å². The number of likely N-dealkylation sites (N-methyl/N-ethyl adjacent to an activating group) is 1. The van der Waals surface area contributed by atoms with Gasteiger partial charge in [0.2, 0.25) is 5.91 Å². The Morgan fingerprint density at radius 1 is 1.15 bits per heavy atom. The molecule has 1 heterocycles. The van der Waals surface area contributed by atoms with Crippen LogP contribution in [0.4, 0.5) is 0 Å². The lowest BCUT2D eigenvalue weighted by atomic mass is 10.0. The molecule has 2 rings (SSSR count). The Morgan fingerprint density at radius 2 is 1.77 bits per heavy atom. The number of rotatable bonds is 6. The standard InChI is InChI=1S/C20H28N4O2/c1-16(2)17-5-7-18(8-6-17)20(26)24-13-11-23(12-14-24)15-19(25)22(3)10-4-9-21/h5-8,16H,4,10-15H2,1-3H3. The molecule has 1 fully saturated rings. The number of carbonyl (C=O) groups is 2. The van der Waals surface area contributed by atoms with Crippen molar-refractivity contribution >= 4 is 11.8 Å². The summed E-state index contributed by atoms with van der Waals surface area (Å²) in [5.41, 5.74) is 1.94. The first kappa shape index (κ1) is 19.9. The van der Waals surface area contributed by atoms with Gasteiger partial charge in [-0.2, -0.15) is 5.26 Å². The van der Waals surface area contributed by atoms with Gasteiger partial charge < -0.3 is 9.80 Å². The molecule has 0 saturated carbocycles. The Morgan fingerprint density at radius 3 is 2.31 bits per heavy atom. The number of benzene rings is 1. The first-order valence-electron chi connectivity index (χ1n) is 9.15. The van der Waals surface area contributed by atoms with Gasteiger partial charge in [-0.15, -0.1) is 0 Å². The average Bonchev–Trinajstić information content (AvgIpc) is 2.66. The summed E-state index contributed by atoms with van der Waals surface area (Å²) >= 11 is 0. The van der Waals surface area contributed by atoms with Crippen LogP contribution in [-0.4, -0.2) is 72.8 Å². The third-order valence-electron chi connectivity index (χ3n) is 4.83. The fraction of sp³-hybridized carbons (Fsp3) is 0.550. The Kier molecular flexibility index (Phi) is 7.16. The second-order valence-corrected chi connectivity index (χ2v) is 7.07. The summed E-state index contributed by atoms with van der Waals surface area (Å²) in [4.78, 5) is 30.3. The molecule has 0 spiro atoms. The molecule has 1 aliphatic heterocycles. The smallest absolute Gasteiger partial charge is 0.253 e. The Labute approximate surface area is 156 Å². The van der Waals surface area contributed by atoms with Gasteiger partial charge in [0.25, 0.3) is 5.91 Å². The van der Waals surface area contributed by atoms with Gasteiger partial charge in [-0.1, -0.05) is 26.0 Å². The molecular weight excluding hydrogens is 328 g/mol. The van der Waals surface area contributed by atoms with E-state index in [-0.39, 0.29) is 11.8 Å². The summed E-state index contributed by atoms with van der Waals surface area (Å²) in [5.74, 6) is 0.522. The van der Waals surface area contributed by atoms with Crippen molar-refractivity contribution in [3.8, 4) is 6.07 Å². The van der Waals surface area contributed by atoms with Gasteiger partial charge in [-0.05, 0) is 23.6 Å². The fourth-order valence-electron chi connectivity index (χ4n) is 2.96. The average molecular weight is 356 g/mol. The zero-order valence-corrected chi connectivity index (χ0v) is 15.9. The Hall–Kier alpha value is -2.39. The van der Waals surface area contributed by atoms with Crippen molar-refractivity contribution in [2.45, 2.75) is 26.2 Å². The van der Waals surface area contributed by atoms with Crippen LogP contribution in [0.5, 0.6) is 0 Å². The molecule has 6 heteroatoms. The van der Waals surface area contributed by atoms with E-state index in [9.17, 15) is 9.59 Å². The van der Waals surface area contributed by atoms with Gasteiger partial charge in [-0.25, -0.2) is 0 Å². The predicted molar refractivity (Wildman–Crippen MR) is 101 cm³/mol. The highest BCUT2D eigenvalue weighted by atomic mass is 16.2. The van der Waals surface area contributed by atoms with Gasteiger partial charge in [0.05, 0.1) is 19.0 Å². The molecule has 2 amide bonds. The molecule has 0 unspecified atom stereocenters. The lowest BCUT2D eigenvalue weighted by Gasteiger charge is -2.35. The zero-order valence-electron chi connectivity index (χ0n) is 15.9. The van der Waals surface area contributed by atoms with Crippen LogP contribution in [0.15, 0.2) is 24.3 Å². The van der Waals surface area contributed by atoms with Gasteiger partial charge >= 0.3 is 0 Å². The van der Waals surface area contributed by atoms with E-state index < -0.39 is 0 Å². The number of piperazine rings is 1. The zero-order chi connectivity index (χ0) is 19.1. The Balaban J connectivity index is 1.83. The Bertz CT molecular complexity index is 655. The van der Waals surface area contributed by atoms with E-state index in [1.807, 2.05) is 35.2 Å². The number of carbonyl (C=O) groups excluding carboxylic acids is 2. The lowest BCUT2D eigenvalue weighted by Crippen LogP contribution is -2.51. The molecule has 0 aliphatic carbocycles. The van der Waals surface area contributed by atoms with E-state index >= 15 is 0 Å². The van der Waals surface area contributed by atoms with Gasteiger partial charge in [0.1, 0.15) is 0 Å². The molecule has 0 radical (unpaired) electrons. The van der Waals surface area contributed by atoms with Crippen molar-refractivity contribution in [3.05, 3.63) is 35.4 Å². The minimum Gasteiger partial charge on any atom is -0.344 e. The van der Waals surface area contributed by atoms with Gasteiger partial charge in [0.15, 0.2) is 0 Å². The SMILES string of the molecule is CC(C)c1ccc(C(=O)N2CCN(CC(=O)N(C)CCC#N)CC2)cc1. The molecule has 1 aromatic carbocycles. The van der Waals surface area contributed by atoms with Crippen LogP contribution in [0.25, 0.3) is 0 Å². The monoisotopic (exact) mass is 356 g/mol. The van der Waals surface area contributed by atoms with Crippen LogP contribution in [0.3, 0.4) is 0 Å². The summed E-state index contributed by atoms with van der Waals surface area (Å²) in [7, 11) is 1.72. The van der Waals surface area contributed by atoms with Crippen LogP contribution in [0.1, 0.15) is 42.1 Å². The molecule has 6 nitrogen and oxygen atoms in total. The first-order chi connectivity index (χ1) is 12.4. The summed E-state index contributed by atoms with van der Waals surface area (Å²) in [6.07, 6.45) is 0.347. The largest absolute Gasteiger partial charge is 0.344 e. The van der Waals surface area contributed by atoms with Crippen molar-refractivity contribution in [1.82, 2.24) is 14.7 Å². The van der Waals surface area contributed by atoms with Crippen LogP contribution in [0, 0.1) is 11.3 Å². The van der Waals surface area contributed by atoms with E-state index in [1.165, 1.54) is 5.56 Å². The molecule has 0 aromatic heterocycles. The molecule has 0 bridgehead atoms. The molecule has 1 saturated heterocycles. The molecular formula is C20H28N4O2. The molecule has 0 atom stereocenters. The molecule has 26 heavy (non-hydrogen) atoms. The van der Waals surface area contributed by atoms with Crippen LogP contribution < -0.4 is 0 Å². The van der Waals surface area contributed by atoms with Crippen LogP contribution >= 0.6 is 0 Å². The molecule has 140 valence electrons. The maximum absolute atomic E-state index is 12.6. The number of nitrogens with zero attached hydrogens (tertiary/aromatic N) is 4. The summed E-state index contributed by atoms with van der Waals surface area (Å²) < 4.78 is 0. The number of hydrogen-bond donors (Lipinski definition) is 0. The van der Waals surface area contributed by atoms with Crippen molar-refractivity contribution in [1.29, 1.82) is 5.26 Å². The number of nitriles is 1. The quantitative estimate of drug-likeness (QED) is 0.781. The highest BCUT2D eigenvalue weighted by molar-refractivity contribution is 5.94. The second kappa shape index (κ2) is 9.35. The minimum absolute atomic E-state index is 0.0179. The van der Waals surface area contributed by atoms with Crippen molar-refractivity contribution < 1.29 is 9.59 Å². The second-order valence-electron chi connectivity index (χ2n) is 7.07. The molecule has 1 aromatic rings. The highest BCUT2D eigenvalue weighted by Crippen LogP contribution is 2.16. The van der Waals surface area contributed by atoms with Crippen molar-refractivity contribution in [2.24, 2.45) is 0 Å². The van der Waals surface area contributed by atoms with E-state index in [4.69, 9.17) is 5.26 Å². The number of hydrogen-bond acceptors (Lipinski definition) is 4. The topological polar surface area (TPSA) is 67.7 Å². The molecule has 0 N–H and O–H groups in total. The van der Waals surface area contributed by atoms with Crippen LogP contribution in [-0.2, 0) is 4.79 Å². The van der Waals surface area contributed by atoms with Crippen LogP contribution in [0.2, 0.25) is 0 Å². The third kappa shape index (κ3) is 5.30. The lowest BCUT2D eigenvalue weighted by molar-refractivity contribution is -0.131. The maximum atomic E-state index is 12.6. The minimum atomic E-state index is 0.0179. The fourth-order valence-corrected chi connectivity index (χ4v) is 2.96. The van der Waals surface area contributed by atoms with Crippen molar-refractivity contribution in [3.63, 3.8) is 0 Å². The maximum Gasteiger partial charge on any atom is 0.253 e. The number of amides is 2. The van der Waals surface area contributed by atoms with Gasteiger partial charge in [0, 0.05) is 45.3 Å². The van der Waals surface area contributed by atoms with Crippen molar-refractivity contribution in [2.75, 3.05) is 46.3 Å². The summed E-state index contributed by atoms with van der Waals surface area (Å²) in [6.45, 7) is 7.69. The third-order valence-corrected chi connectivity index (χ3v) is 4.83. The van der Waals surface area contributed by atoms with E-state index in [0.717, 1.165) is 5.56 Å². The summed E-state index contributed by atoms with van der Waals surface area (Å²) in [5, 5.41) is 8.60. The summed E-state index contributed by atoms with van der Waals surface area (Å²) in [6, 6.07) is 9.89. The predicted octanol–water partition coefficient (Wildman–Crippen LogP) is 1.94. The van der Waals surface area contributed by atoms with E-state index in [1.54, 1.807) is 11.9 Å².